The Bertz CT molecular complexity index is 1010. The summed E-state index contributed by atoms with van der Waals surface area (Å²) in [6, 6.07) is 13.3. The Balaban J connectivity index is 1.61. The Labute approximate surface area is 191 Å². The Morgan fingerprint density at radius 2 is 1.52 bits per heavy atom. The minimum atomic E-state index is -1.47. The molecule has 3 rings (SSSR count). The summed E-state index contributed by atoms with van der Waals surface area (Å²) < 4.78 is 9.89. The van der Waals surface area contributed by atoms with Crippen molar-refractivity contribution in [2.45, 2.75) is 37.8 Å². The standard InChI is InChI=1S/C24H26N2O7/c1-3-19(22(28)25-20(23(29)30)12-21(27)32-2)26-24(31)33-13-18-16-10-6-4-8-14(16)15-9-5-7-11-17(15)18/h4-11,18-20H,3,12-13H2,1-2H3,(H,25,28)(H,26,31)(H,29,30)/t19-,20+/m0/s1. The summed E-state index contributed by atoms with van der Waals surface area (Å²) in [5.74, 6) is -3.03. The van der Waals surface area contributed by atoms with Gasteiger partial charge in [0.15, 0.2) is 0 Å². The van der Waals surface area contributed by atoms with E-state index in [1.807, 2.05) is 48.5 Å². The molecule has 2 amide bonds. The van der Waals surface area contributed by atoms with Gasteiger partial charge in [-0.2, -0.15) is 0 Å². The molecular formula is C24H26N2O7. The SMILES string of the molecule is CC[C@H](NC(=O)OCC1c2ccccc2-c2ccccc21)C(=O)N[C@H](CC(=O)OC)C(=O)O. The van der Waals surface area contributed by atoms with Crippen LogP contribution in [0.5, 0.6) is 0 Å². The van der Waals surface area contributed by atoms with Crippen LogP contribution in [0.4, 0.5) is 4.79 Å². The maximum Gasteiger partial charge on any atom is 0.407 e. The van der Waals surface area contributed by atoms with Gasteiger partial charge >= 0.3 is 18.0 Å². The van der Waals surface area contributed by atoms with E-state index in [0.717, 1.165) is 29.4 Å². The number of amides is 2. The summed E-state index contributed by atoms with van der Waals surface area (Å²) in [5.41, 5.74) is 4.31. The average molecular weight is 454 g/mol. The highest BCUT2D eigenvalue weighted by Crippen LogP contribution is 2.44. The Morgan fingerprint density at radius 1 is 0.939 bits per heavy atom. The largest absolute Gasteiger partial charge is 0.480 e. The fourth-order valence-electron chi connectivity index (χ4n) is 3.86. The topological polar surface area (TPSA) is 131 Å². The van der Waals surface area contributed by atoms with Crippen molar-refractivity contribution in [3.05, 3.63) is 59.7 Å². The molecule has 0 saturated carbocycles. The van der Waals surface area contributed by atoms with Crippen LogP contribution in [0, 0.1) is 0 Å². The number of carbonyl (C=O) groups is 4. The van der Waals surface area contributed by atoms with Crippen LogP contribution in [-0.4, -0.2) is 54.8 Å². The second-order valence-electron chi connectivity index (χ2n) is 7.61. The van der Waals surface area contributed by atoms with Gasteiger partial charge in [0.1, 0.15) is 18.7 Å². The first-order valence-electron chi connectivity index (χ1n) is 10.6. The number of aliphatic carboxylic acids is 1. The smallest absolute Gasteiger partial charge is 0.407 e. The van der Waals surface area contributed by atoms with Gasteiger partial charge in [-0.25, -0.2) is 9.59 Å². The van der Waals surface area contributed by atoms with Crippen LogP contribution in [0.2, 0.25) is 0 Å². The Morgan fingerprint density at radius 3 is 2.03 bits per heavy atom. The molecule has 0 aliphatic heterocycles. The highest BCUT2D eigenvalue weighted by molar-refractivity contribution is 5.91. The lowest BCUT2D eigenvalue weighted by molar-refractivity contribution is -0.148. The maximum absolute atomic E-state index is 12.5. The van der Waals surface area contributed by atoms with Crippen molar-refractivity contribution in [1.29, 1.82) is 0 Å². The zero-order valence-electron chi connectivity index (χ0n) is 18.4. The van der Waals surface area contributed by atoms with Crippen molar-refractivity contribution >= 4 is 23.9 Å². The molecule has 33 heavy (non-hydrogen) atoms. The number of fused-ring (bicyclic) bond motifs is 3. The van der Waals surface area contributed by atoms with Crippen LogP contribution < -0.4 is 10.6 Å². The fourth-order valence-corrected chi connectivity index (χ4v) is 3.86. The number of methoxy groups -OCH3 is 1. The normalized spacial score (nSPS) is 13.8. The minimum Gasteiger partial charge on any atom is -0.480 e. The summed E-state index contributed by atoms with van der Waals surface area (Å²) >= 11 is 0. The summed E-state index contributed by atoms with van der Waals surface area (Å²) in [5, 5.41) is 14.0. The van der Waals surface area contributed by atoms with Gasteiger partial charge in [-0.05, 0) is 28.7 Å². The zero-order chi connectivity index (χ0) is 24.0. The third-order valence-corrected chi connectivity index (χ3v) is 5.57. The highest BCUT2D eigenvalue weighted by atomic mass is 16.5. The molecule has 1 aliphatic carbocycles. The van der Waals surface area contributed by atoms with Crippen LogP contribution in [0.1, 0.15) is 36.8 Å². The predicted molar refractivity (Wildman–Crippen MR) is 118 cm³/mol. The molecular weight excluding hydrogens is 428 g/mol. The average Bonchev–Trinajstić information content (AvgIpc) is 3.14. The first-order valence-corrected chi connectivity index (χ1v) is 10.6. The van der Waals surface area contributed by atoms with Crippen molar-refractivity contribution in [1.82, 2.24) is 10.6 Å². The fraction of sp³-hybridized carbons (Fsp3) is 0.333. The lowest BCUT2D eigenvalue weighted by Gasteiger charge is -2.20. The Kier molecular flexibility index (Phi) is 7.66. The van der Waals surface area contributed by atoms with E-state index < -0.39 is 42.4 Å². The number of ether oxygens (including phenoxy) is 2. The number of carboxylic acid groups (broad SMARTS) is 1. The van der Waals surface area contributed by atoms with Crippen molar-refractivity contribution in [2.75, 3.05) is 13.7 Å². The quantitative estimate of drug-likeness (QED) is 0.496. The van der Waals surface area contributed by atoms with Gasteiger partial charge in [-0.15, -0.1) is 0 Å². The molecule has 2 aromatic carbocycles. The van der Waals surface area contributed by atoms with E-state index in [1.54, 1.807) is 6.92 Å². The number of rotatable bonds is 9. The van der Waals surface area contributed by atoms with E-state index in [9.17, 15) is 24.3 Å². The number of hydrogen-bond acceptors (Lipinski definition) is 6. The molecule has 9 heteroatoms. The lowest BCUT2D eigenvalue weighted by Crippen LogP contribution is -2.52. The van der Waals surface area contributed by atoms with E-state index >= 15 is 0 Å². The van der Waals surface area contributed by atoms with Crippen molar-refractivity contribution < 1.29 is 33.8 Å². The molecule has 0 aromatic heterocycles. The second-order valence-corrected chi connectivity index (χ2v) is 7.61. The third-order valence-electron chi connectivity index (χ3n) is 5.57. The monoisotopic (exact) mass is 454 g/mol. The Hall–Kier alpha value is -3.88. The summed E-state index contributed by atoms with van der Waals surface area (Å²) in [7, 11) is 1.12. The molecule has 0 unspecified atom stereocenters. The molecule has 0 spiro atoms. The predicted octanol–water partition coefficient (Wildman–Crippen LogP) is 2.44. The van der Waals surface area contributed by atoms with Gasteiger partial charge in [0, 0.05) is 5.92 Å². The van der Waals surface area contributed by atoms with Gasteiger partial charge in [-0.1, -0.05) is 55.5 Å². The van der Waals surface area contributed by atoms with Crippen molar-refractivity contribution in [3.8, 4) is 11.1 Å². The number of benzene rings is 2. The molecule has 0 fully saturated rings. The first kappa shape index (κ1) is 23.8. The third kappa shape index (κ3) is 5.49. The van der Waals surface area contributed by atoms with E-state index in [-0.39, 0.29) is 18.9 Å². The van der Waals surface area contributed by atoms with Gasteiger partial charge in [0.25, 0.3) is 0 Å². The van der Waals surface area contributed by atoms with Gasteiger partial charge in [-0.3, -0.25) is 9.59 Å². The van der Waals surface area contributed by atoms with Crippen LogP contribution in [0.25, 0.3) is 11.1 Å². The molecule has 174 valence electrons. The molecule has 1 aliphatic rings. The molecule has 2 atom stereocenters. The van der Waals surface area contributed by atoms with Crippen molar-refractivity contribution in [3.63, 3.8) is 0 Å². The highest BCUT2D eigenvalue weighted by Gasteiger charge is 2.31. The molecule has 0 radical (unpaired) electrons. The number of nitrogens with one attached hydrogen (secondary N) is 2. The minimum absolute atomic E-state index is 0.0814. The lowest BCUT2D eigenvalue weighted by atomic mass is 9.98. The second kappa shape index (κ2) is 10.6. The van der Waals surface area contributed by atoms with E-state index in [0.29, 0.717) is 0 Å². The molecule has 2 aromatic rings. The summed E-state index contributed by atoms with van der Waals surface area (Å²) in [6.45, 7) is 1.74. The van der Waals surface area contributed by atoms with E-state index in [4.69, 9.17) is 4.74 Å². The van der Waals surface area contributed by atoms with E-state index in [1.165, 1.54) is 0 Å². The first-order chi connectivity index (χ1) is 15.8. The number of esters is 1. The maximum atomic E-state index is 12.5. The number of carbonyl (C=O) groups excluding carboxylic acids is 3. The molecule has 0 bridgehead atoms. The van der Waals surface area contributed by atoms with Crippen LogP contribution in [0.15, 0.2) is 48.5 Å². The van der Waals surface area contributed by atoms with E-state index in [2.05, 4.69) is 15.4 Å². The van der Waals surface area contributed by atoms with Crippen LogP contribution >= 0.6 is 0 Å². The zero-order valence-corrected chi connectivity index (χ0v) is 18.4. The number of alkyl carbamates (subject to hydrolysis) is 1. The van der Waals surface area contributed by atoms with Gasteiger partial charge in [0.05, 0.1) is 13.5 Å². The molecule has 0 heterocycles. The van der Waals surface area contributed by atoms with Gasteiger partial charge in [0.2, 0.25) is 5.91 Å². The molecule has 9 nitrogen and oxygen atoms in total. The summed E-state index contributed by atoms with van der Waals surface area (Å²) in [4.78, 5) is 47.6. The van der Waals surface area contributed by atoms with Crippen LogP contribution in [0.3, 0.4) is 0 Å². The molecule has 3 N–H and O–H groups in total. The number of carboxylic acids is 1. The molecule has 0 saturated heterocycles. The van der Waals surface area contributed by atoms with Gasteiger partial charge < -0.3 is 25.2 Å². The van der Waals surface area contributed by atoms with Crippen molar-refractivity contribution in [2.24, 2.45) is 0 Å². The number of hydrogen-bond donors (Lipinski definition) is 3. The van der Waals surface area contributed by atoms with Crippen LogP contribution in [-0.2, 0) is 23.9 Å². The summed E-state index contributed by atoms with van der Waals surface area (Å²) in [6.07, 6.45) is -1.13.